The van der Waals surface area contributed by atoms with Crippen molar-refractivity contribution in [2.45, 2.75) is 31.6 Å². The highest BCUT2D eigenvalue weighted by atomic mass is 32.2. The number of hydrogen-bond acceptors (Lipinski definition) is 9. The van der Waals surface area contributed by atoms with Crippen LogP contribution in [0.2, 0.25) is 0 Å². The molecule has 3 aromatic heterocycles. The fourth-order valence-corrected chi connectivity index (χ4v) is 5.73. The minimum Gasteiger partial charge on any atom is -0.360 e. The third-order valence-corrected chi connectivity index (χ3v) is 7.78. The molecule has 10 nitrogen and oxygen atoms in total. The van der Waals surface area contributed by atoms with Crippen LogP contribution in [0, 0.1) is 13.8 Å². The summed E-state index contributed by atoms with van der Waals surface area (Å²) >= 11 is 1.55. The lowest BCUT2D eigenvalue weighted by Gasteiger charge is -2.33. The Balaban J connectivity index is 1.31. The molecule has 1 fully saturated rings. The summed E-state index contributed by atoms with van der Waals surface area (Å²) in [6.07, 6.45) is 0.565. The second-order valence-electron chi connectivity index (χ2n) is 6.96. The van der Waals surface area contributed by atoms with Gasteiger partial charge in [-0.3, -0.25) is 4.79 Å². The van der Waals surface area contributed by atoms with E-state index in [9.17, 15) is 13.2 Å². The predicted molar refractivity (Wildman–Crippen MR) is 107 cm³/mol. The molecule has 1 saturated heterocycles. The molecule has 12 heteroatoms. The smallest absolute Gasteiger partial charge is 0.248 e. The van der Waals surface area contributed by atoms with E-state index in [-0.39, 0.29) is 36.1 Å². The Morgan fingerprint density at radius 1 is 1.17 bits per heavy atom. The van der Waals surface area contributed by atoms with E-state index >= 15 is 0 Å². The third kappa shape index (κ3) is 4.02. The fourth-order valence-electron chi connectivity index (χ4n) is 3.39. The van der Waals surface area contributed by atoms with Crippen LogP contribution in [-0.4, -0.2) is 65.0 Å². The summed E-state index contributed by atoms with van der Waals surface area (Å²) in [6.45, 7) is 4.28. The molecular weight excluding hydrogens is 430 g/mol. The van der Waals surface area contributed by atoms with Gasteiger partial charge >= 0.3 is 0 Å². The van der Waals surface area contributed by atoms with E-state index in [2.05, 4.69) is 15.3 Å². The van der Waals surface area contributed by atoms with Crippen LogP contribution in [0.15, 0.2) is 30.8 Å². The summed E-state index contributed by atoms with van der Waals surface area (Å²) in [5, 5.41) is 11.5. The zero-order valence-corrected chi connectivity index (χ0v) is 18.2. The summed E-state index contributed by atoms with van der Waals surface area (Å²) in [4.78, 5) is 18.6. The van der Waals surface area contributed by atoms with E-state index in [0.29, 0.717) is 36.9 Å². The van der Waals surface area contributed by atoms with Crippen LogP contribution in [0.4, 0.5) is 0 Å². The van der Waals surface area contributed by atoms with Crippen LogP contribution in [0.25, 0.3) is 11.4 Å². The third-order valence-electron chi connectivity index (χ3n) is 4.96. The van der Waals surface area contributed by atoms with Crippen molar-refractivity contribution in [1.29, 1.82) is 0 Å². The summed E-state index contributed by atoms with van der Waals surface area (Å²) in [5.41, 5.74) is 1.23. The Bertz CT molecular complexity index is 1110. The molecule has 3 aromatic rings. The van der Waals surface area contributed by atoms with E-state index in [1.807, 2.05) is 16.8 Å². The minimum atomic E-state index is -3.70. The van der Waals surface area contributed by atoms with Gasteiger partial charge in [-0.05, 0) is 25.3 Å². The number of carbonyl (C=O) groups excluding carboxylic acids is 1. The summed E-state index contributed by atoms with van der Waals surface area (Å²) in [6, 6.07) is 1.90. The van der Waals surface area contributed by atoms with Gasteiger partial charge in [0.1, 0.15) is 10.6 Å². The fraction of sp³-hybridized carbons (Fsp3) is 0.444. The number of rotatable bonds is 6. The molecule has 0 N–H and O–H groups in total. The lowest BCUT2D eigenvalue weighted by atomic mass is 10.2. The van der Waals surface area contributed by atoms with Crippen LogP contribution in [0.1, 0.15) is 23.8 Å². The average Bonchev–Trinajstić information content (AvgIpc) is 3.47. The number of piperazine rings is 1. The van der Waals surface area contributed by atoms with E-state index in [1.165, 1.54) is 4.31 Å². The number of carbonyl (C=O) groups is 1. The van der Waals surface area contributed by atoms with Gasteiger partial charge in [-0.25, -0.2) is 8.42 Å². The number of nitrogens with zero attached hydrogens (tertiary/aromatic N) is 5. The van der Waals surface area contributed by atoms with E-state index < -0.39 is 10.0 Å². The molecule has 1 amide bonds. The molecule has 1 aliphatic heterocycles. The van der Waals surface area contributed by atoms with Crippen LogP contribution in [0.5, 0.6) is 0 Å². The van der Waals surface area contributed by atoms with Gasteiger partial charge in [0.15, 0.2) is 5.76 Å². The van der Waals surface area contributed by atoms with Crippen molar-refractivity contribution in [2.75, 3.05) is 26.2 Å². The maximum atomic E-state index is 12.9. The van der Waals surface area contributed by atoms with Gasteiger partial charge in [-0.1, -0.05) is 10.3 Å². The summed E-state index contributed by atoms with van der Waals surface area (Å²) in [5.74, 6) is 1.12. The quantitative estimate of drug-likeness (QED) is 0.557. The Hall–Kier alpha value is -2.57. The van der Waals surface area contributed by atoms with Crippen LogP contribution in [-0.2, 0) is 21.2 Å². The first-order valence-corrected chi connectivity index (χ1v) is 11.8. The highest BCUT2D eigenvalue weighted by Crippen LogP contribution is 2.24. The van der Waals surface area contributed by atoms with E-state index in [0.717, 1.165) is 5.56 Å². The number of aromatic nitrogens is 3. The van der Waals surface area contributed by atoms with Gasteiger partial charge in [-0.15, -0.1) is 0 Å². The number of aryl methyl sites for hydroxylation is 3. The van der Waals surface area contributed by atoms with Crippen molar-refractivity contribution >= 4 is 27.3 Å². The van der Waals surface area contributed by atoms with Gasteiger partial charge in [0.05, 0.1) is 0 Å². The number of thiophene rings is 1. The molecule has 160 valence electrons. The SMILES string of the molecule is Cc1noc(C)c1S(=O)(=O)N1CCN(C(=O)CCc2nc(-c3ccsc3)no2)CC1. The van der Waals surface area contributed by atoms with Crippen molar-refractivity contribution in [1.82, 2.24) is 24.5 Å². The molecule has 0 atom stereocenters. The van der Waals surface area contributed by atoms with Crippen LogP contribution in [0.3, 0.4) is 0 Å². The molecule has 0 spiro atoms. The van der Waals surface area contributed by atoms with Crippen molar-refractivity contribution in [3.8, 4) is 11.4 Å². The molecule has 0 radical (unpaired) electrons. The number of amides is 1. The first-order chi connectivity index (χ1) is 14.4. The first-order valence-electron chi connectivity index (χ1n) is 9.42. The van der Waals surface area contributed by atoms with Crippen LogP contribution < -0.4 is 0 Å². The molecule has 0 aliphatic carbocycles. The highest BCUT2D eigenvalue weighted by Gasteiger charge is 2.34. The molecule has 0 bridgehead atoms. The summed E-state index contributed by atoms with van der Waals surface area (Å²) < 4.78 is 37.3. The maximum absolute atomic E-state index is 12.9. The molecule has 0 unspecified atom stereocenters. The topological polar surface area (TPSA) is 123 Å². The van der Waals surface area contributed by atoms with Crippen LogP contribution >= 0.6 is 11.3 Å². The van der Waals surface area contributed by atoms with Gasteiger partial charge in [0.2, 0.25) is 27.6 Å². The molecule has 4 rings (SSSR count). The van der Waals surface area contributed by atoms with E-state index in [4.69, 9.17) is 9.05 Å². The van der Waals surface area contributed by atoms with Crippen molar-refractivity contribution in [3.05, 3.63) is 34.2 Å². The molecule has 30 heavy (non-hydrogen) atoms. The molecular formula is C18H21N5O5S2. The molecule has 0 aromatic carbocycles. The predicted octanol–water partition coefficient (Wildman–Crippen LogP) is 1.87. The lowest BCUT2D eigenvalue weighted by Crippen LogP contribution is -2.50. The van der Waals surface area contributed by atoms with Gasteiger partial charge in [0, 0.05) is 50.0 Å². The molecule has 4 heterocycles. The standard InChI is InChI=1S/C18H21N5O5S2/c1-12-17(13(2)27-20-12)30(25,26)23-8-6-22(7-9-23)16(24)4-3-15-19-18(21-28-15)14-5-10-29-11-14/h5,10-11H,3-4,6-9H2,1-2H3. The molecule has 1 aliphatic rings. The van der Waals surface area contributed by atoms with Crippen molar-refractivity contribution < 1.29 is 22.3 Å². The average molecular weight is 452 g/mol. The van der Waals surface area contributed by atoms with Gasteiger partial charge in [0.25, 0.3) is 0 Å². The zero-order chi connectivity index (χ0) is 21.3. The monoisotopic (exact) mass is 451 g/mol. The summed E-state index contributed by atoms with van der Waals surface area (Å²) in [7, 11) is -3.70. The highest BCUT2D eigenvalue weighted by molar-refractivity contribution is 7.89. The zero-order valence-electron chi connectivity index (χ0n) is 16.6. The molecule has 0 saturated carbocycles. The lowest BCUT2D eigenvalue weighted by molar-refractivity contribution is -0.132. The number of sulfonamides is 1. The van der Waals surface area contributed by atoms with Crippen molar-refractivity contribution in [3.63, 3.8) is 0 Å². The van der Waals surface area contributed by atoms with Gasteiger partial charge < -0.3 is 13.9 Å². The Kier molecular flexibility index (Phi) is 5.71. The first kappa shape index (κ1) is 20.7. The maximum Gasteiger partial charge on any atom is 0.248 e. The minimum absolute atomic E-state index is 0.0697. The largest absolute Gasteiger partial charge is 0.360 e. The number of hydrogen-bond donors (Lipinski definition) is 0. The Labute approximate surface area is 177 Å². The Morgan fingerprint density at radius 2 is 1.93 bits per heavy atom. The normalized spacial score (nSPS) is 15.6. The van der Waals surface area contributed by atoms with Gasteiger partial charge in [-0.2, -0.15) is 20.6 Å². The van der Waals surface area contributed by atoms with E-state index in [1.54, 1.807) is 30.1 Å². The Morgan fingerprint density at radius 3 is 2.57 bits per heavy atom. The van der Waals surface area contributed by atoms with Crippen molar-refractivity contribution in [2.24, 2.45) is 0 Å². The second kappa shape index (κ2) is 8.28. The second-order valence-corrected chi connectivity index (χ2v) is 9.62.